The average molecular weight is 290 g/mol. The molecule has 4 nitrogen and oxygen atoms in total. The van der Waals surface area contributed by atoms with Crippen LogP contribution in [0.5, 0.6) is 0 Å². The van der Waals surface area contributed by atoms with Gasteiger partial charge in [0.05, 0.1) is 6.04 Å². The maximum absolute atomic E-state index is 12.6. The summed E-state index contributed by atoms with van der Waals surface area (Å²) < 4.78 is 0. The Morgan fingerprint density at radius 3 is 2.19 bits per heavy atom. The standard InChI is InChI=1S/C17H26N2O2/c1-12(2)11-16(18-14(4)20)17(21)19(5)13(3)15-9-7-6-8-10-15/h6-10,12-13,16H,11H2,1-5H3,(H,18,20)/t13?,16-/m0/s1. The van der Waals surface area contributed by atoms with Crippen LogP contribution in [0.1, 0.15) is 45.7 Å². The molecule has 0 spiro atoms. The van der Waals surface area contributed by atoms with Gasteiger partial charge in [-0.2, -0.15) is 0 Å². The normalized spacial score (nSPS) is 13.6. The molecule has 2 amide bonds. The second-order valence-electron chi connectivity index (χ2n) is 5.92. The van der Waals surface area contributed by atoms with E-state index in [0.717, 1.165) is 5.56 Å². The zero-order valence-corrected chi connectivity index (χ0v) is 13.6. The minimum atomic E-state index is -0.460. The highest BCUT2D eigenvalue weighted by Gasteiger charge is 2.26. The second-order valence-corrected chi connectivity index (χ2v) is 5.92. The van der Waals surface area contributed by atoms with E-state index in [1.807, 2.05) is 51.1 Å². The first-order valence-corrected chi connectivity index (χ1v) is 7.41. The zero-order valence-electron chi connectivity index (χ0n) is 13.6. The number of hydrogen-bond donors (Lipinski definition) is 1. The molecule has 21 heavy (non-hydrogen) atoms. The fourth-order valence-electron chi connectivity index (χ4n) is 2.33. The van der Waals surface area contributed by atoms with Crippen molar-refractivity contribution in [1.82, 2.24) is 10.2 Å². The summed E-state index contributed by atoms with van der Waals surface area (Å²) in [6.45, 7) is 7.53. The molecule has 1 unspecified atom stereocenters. The molecular weight excluding hydrogens is 264 g/mol. The first-order valence-electron chi connectivity index (χ1n) is 7.41. The number of hydrogen-bond acceptors (Lipinski definition) is 2. The third-order valence-corrected chi connectivity index (χ3v) is 3.59. The molecule has 0 aliphatic carbocycles. The summed E-state index contributed by atoms with van der Waals surface area (Å²) in [5, 5.41) is 2.77. The van der Waals surface area contributed by atoms with Gasteiger partial charge in [0, 0.05) is 14.0 Å². The Morgan fingerprint density at radius 2 is 1.71 bits per heavy atom. The van der Waals surface area contributed by atoms with Gasteiger partial charge in [0.25, 0.3) is 0 Å². The van der Waals surface area contributed by atoms with Gasteiger partial charge in [0.15, 0.2) is 0 Å². The SMILES string of the molecule is CC(=O)N[C@@H](CC(C)C)C(=O)N(C)C(C)c1ccccc1. The Labute approximate surface area is 127 Å². The lowest BCUT2D eigenvalue weighted by Crippen LogP contribution is -2.48. The highest BCUT2D eigenvalue weighted by molar-refractivity contribution is 5.87. The number of benzene rings is 1. The number of carbonyl (C=O) groups is 2. The molecule has 1 N–H and O–H groups in total. The van der Waals surface area contributed by atoms with Crippen LogP contribution >= 0.6 is 0 Å². The summed E-state index contributed by atoms with van der Waals surface area (Å²) in [5.74, 6) is 0.122. The maximum atomic E-state index is 12.6. The molecule has 0 radical (unpaired) electrons. The van der Waals surface area contributed by atoms with E-state index in [2.05, 4.69) is 5.32 Å². The van der Waals surface area contributed by atoms with E-state index in [0.29, 0.717) is 12.3 Å². The van der Waals surface area contributed by atoms with Crippen LogP contribution in [-0.4, -0.2) is 29.8 Å². The third-order valence-electron chi connectivity index (χ3n) is 3.59. The first kappa shape index (κ1) is 17.2. The summed E-state index contributed by atoms with van der Waals surface area (Å²) in [7, 11) is 1.79. The molecule has 2 atom stereocenters. The highest BCUT2D eigenvalue weighted by atomic mass is 16.2. The van der Waals surface area contributed by atoms with Crippen molar-refractivity contribution in [2.45, 2.75) is 46.2 Å². The lowest BCUT2D eigenvalue weighted by atomic mass is 10.0. The molecule has 1 rings (SSSR count). The molecule has 1 aromatic carbocycles. The molecule has 0 saturated carbocycles. The van der Waals surface area contributed by atoms with Crippen LogP contribution in [0.3, 0.4) is 0 Å². The smallest absolute Gasteiger partial charge is 0.245 e. The van der Waals surface area contributed by atoms with Gasteiger partial charge in [-0.05, 0) is 24.8 Å². The van der Waals surface area contributed by atoms with Crippen LogP contribution in [0.15, 0.2) is 30.3 Å². The summed E-state index contributed by atoms with van der Waals surface area (Å²) in [4.78, 5) is 25.7. The third kappa shape index (κ3) is 5.21. The first-order chi connectivity index (χ1) is 9.82. The summed E-state index contributed by atoms with van der Waals surface area (Å²) in [5.41, 5.74) is 1.08. The fraction of sp³-hybridized carbons (Fsp3) is 0.529. The number of rotatable bonds is 6. The van der Waals surface area contributed by atoms with E-state index in [-0.39, 0.29) is 17.9 Å². The zero-order chi connectivity index (χ0) is 16.0. The topological polar surface area (TPSA) is 49.4 Å². The number of amides is 2. The minimum Gasteiger partial charge on any atom is -0.345 e. The predicted molar refractivity (Wildman–Crippen MR) is 84.7 cm³/mol. The van der Waals surface area contributed by atoms with E-state index < -0.39 is 6.04 Å². The van der Waals surface area contributed by atoms with Crippen LogP contribution in [0, 0.1) is 5.92 Å². The Kier molecular flexibility index (Phi) is 6.40. The van der Waals surface area contributed by atoms with E-state index in [9.17, 15) is 9.59 Å². The second kappa shape index (κ2) is 7.81. The molecule has 4 heteroatoms. The van der Waals surface area contributed by atoms with Gasteiger partial charge in [-0.15, -0.1) is 0 Å². The molecule has 0 heterocycles. The maximum Gasteiger partial charge on any atom is 0.245 e. The van der Waals surface area contributed by atoms with E-state index in [1.165, 1.54) is 6.92 Å². The molecule has 116 valence electrons. The van der Waals surface area contributed by atoms with Crippen LogP contribution in [0.2, 0.25) is 0 Å². The summed E-state index contributed by atoms with van der Waals surface area (Å²) in [6.07, 6.45) is 0.643. The number of likely N-dealkylation sites (N-methyl/N-ethyl adjacent to an activating group) is 1. The van der Waals surface area contributed by atoms with E-state index >= 15 is 0 Å². The Morgan fingerprint density at radius 1 is 1.14 bits per heavy atom. The van der Waals surface area contributed by atoms with Crippen molar-refractivity contribution in [3.8, 4) is 0 Å². The molecule has 1 aromatic rings. The predicted octanol–water partition coefficient (Wildman–Crippen LogP) is 2.76. The van der Waals surface area contributed by atoms with E-state index in [4.69, 9.17) is 0 Å². The van der Waals surface area contributed by atoms with Crippen LogP contribution in [0.25, 0.3) is 0 Å². The molecule has 0 saturated heterocycles. The lowest BCUT2D eigenvalue weighted by Gasteiger charge is -2.30. The molecule has 0 aliphatic rings. The van der Waals surface area contributed by atoms with Gasteiger partial charge in [-0.25, -0.2) is 0 Å². The van der Waals surface area contributed by atoms with Gasteiger partial charge in [-0.3, -0.25) is 9.59 Å². The Bertz CT molecular complexity index is 471. The van der Waals surface area contributed by atoms with Crippen LogP contribution in [-0.2, 0) is 9.59 Å². The van der Waals surface area contributed by atoms with Crippen LogP contribution in [0.4, 0.5) is 0 Å². The van der Waals surface area contributed by atoms with Gasteiger partial charge in [0.1, 0.15) is 6.04 Å². The lowest BCUT2D eigenvalue weighted by molar-refractivity contribution is -0.137. The molecule has 0 fully saturated rings. The highest BCUT2D eigenvalue weighted by Crippen LogP contribution is 2.20. The number of nitrogens with zero attached hydrogens (tertiary/aromatic N) is 1. The van der Waals surface area contributed by atoms with Crippen molar-refractivity contribution in [3.63, 3.8) is 0 Å². The number of carbonyl (C=O) groups excluding carboxylic acids is 2. The van der Waals surface area contributed by atoms with Gasteiger partial charge in [0.2, 0.25) is 11.8 Å². The minimum absolute atomic E-state index is 0.0258. The fourth-order valence-corrected chi connectivity index (χ4v) is 2.33. The van der Waals surface area contributed by atoms with Gasteiger partial charge >= 0.3 is 0 Å². The monoisotopic (exact) mass is 290 g/mol. The van der Waals surface area contributed by atoms with Crippen molar-refractivity contribution in [1.29, 1.82) is 0 Å². The van der Waals surface area contributed by atoms with Crippen molar-refractivity contribution < 1.29 is 9.59 Å². The van der Waals surface area contributed by atoms with Crippen molar-refractivity contribution in [2.75, 3.05) is 7.05 Å². The largest absolute Gasteiger partial charge is 0.345 e. The summed E-state index contributed by atoms with van der Waals surface area (Å²) in [6, 6.07) is 9.40. The van der Waals surface area contributed by atoms with Gasteiger partial charge < -0.3 is 10.2 Å². The number of nitrogens with one attached hydrogen (secondary N) is 1. The van der Waals surface area contributed by atoms with E-state index in [1.54, 1.807) is 11.9 Å². The molecule has 0 aliphatic heterocycles. The molecular formula is C17H26N2O2. The molecule has 0 bridgehead atoms. The van der Waals surface area contributed by atoms with Crippen LogP contribution < -0.4 is 5.32 Å². The Hall–Kier alpha value is -1.84. The van der Waals surface area contributed by atoms with Crippen molar-refractivity contribution >= 4 is 11.8 Å². The van der Waals surface area contributed by atoms with Gasteiger partial charge in [-0.1, -0.05) is 44.2 Å². The molecule has 0 aromatic heterocycles. The summed E-state index contributed by atoms with van der Waals surface area (Å²) >= 11 is 0. The quantitative estimate of drug-likeness (QED) is 0.876. The average Bonchev–Trinajstić information content (AvgIpc) is 2.44. The Balaban J connectivity index is 2.84. The van der Waals surface area contributed by atoms with Crippen molar-refractivity contribution in [2.24, 2.45) is 5.92 Å². The van der Waals surface area contributed by atoms with Crippen molar-refractivity contribution in [3.05, 3.63) is 35.9 Å².